The lowest BCUT2D eigenvalue weighted by Gasteiger charge is -2.09. The molecule has 1 rings (SSSR count). The van der Waals surface area contributed by atoms with Crippen LogP contribution in [0.2, 0.25) is 0 Å². The van der Waals surface area contributed by atoms with E-state index in [9.17, 15) is 0 Å². The highest BCUT2D eigenvalue weighted by molar-refractivity contribution is 5.55. The summed E-state index contributed by atoms with van der Waals surface area (Å²) >= 11 is 0. The molecule has 18 heavy (non-hydrogen) atoms. The monoisotopic (exact) mass is 246 g/mol. The molecule has 1 aromatic rings. The van der Waals surface area contributed by atoms with Crippen LogP contribution < -0.4 is 5.32 Å². The molecule has 1 aromatic heterocycles. The number of nitrogens with one attached hydrogen (secondary N) is 1. The molecule has 0 amide bonds. The van der Waals surface area contributed by atoms with Crippen molar-refractivity contribution in [2.75, 3.05) is 25.1 Å². The number of aryl methyl sites for hydroxylation is 1. The van der Waals surface area contributed by atoms with E-state index >= 15 is 0 Å². The minimum atomic E-state index is 0.521. The highest BCUT2D eigenvalue weighted by Crippen LogP contribution is 2.16. The van der Waals surface area contributed by atoms with Gasteiger partial charge in [-0.1, -0.05) is 6.08 Å². The van der Waals surface area contributed by atoms with Crippen LogP contribution in [0.25, 0.3) is 0 Å². The van der Waals surface area contributed by atoms with Crippen LogP contribution in [0.4, 0.5) is 5.82 Å². The molecule has 0 saturated heterocycles. The zero-order valence-corrected chi connectivity index (χ0v) is 10.9. The maximum Gasteiger partial charge on any atom is 0.167 e. The van der Waals surface area contributed by atoms with Crippen molar-refractivity contribution in [3.63, 3.8) is 0 Å². The van der Waals surface area contributed by atoms with Gasteiger partial charge >= 0.3 is 0 Å². The minimum Gasteiger partial charge on any atom is -0.379 e. The molecule has 0 unspecified atom stereocenters. The average molecular weight is 246 g/mol. The van der Waals surface area contributed by atoms with E-state index in [0.717, 1.165) is 17.7 Å². The van der Waals surface area contributed by atoms with E-state index < -0.39 is 0 Å². The van der Waals surface area contributed by atoms with Crippen LogP contribution in [0.1, 0.15) is 23.2 Å². The summed E-state index contributed by atoms with van der Waals surface area (Å²) < 4.78 is 5.36. The van der Waals surface area contributed by atoms with Crippen molar-refractivity contribution in [1.82, 2.24) is 10.2 Å². The number of aromatic nitrogens is 2. The first-order valence-electron chi connectivity index (χ1n) is 5.87. The molecule has 1 heterocycles. The third-order valence-electron chi connectivity index (χ3n) is 2.57. The molecule has 0 aliphatic rings. The highest BCUT2D eigenvalue weighted by atomic mass is 16.5. The summed E-state index contributed by atoms with van der Waals surface area (Å²) in [7, 11) is 0. The Morgan fingerprint density at radius 3 is 2.83 bits per heavy atom. The Bertz CT molecular complexity index is 451. The second-order valence-electron chi connectivity index (χ2n) is 3.86. The molecule has 0 aliphatic carbocycles. The smallest absolute Gasteiger partial charge is 0.167 e. The molecule has 5 heteroatoms. The fourth-order valence-electron chi connectivity index (χ4n) is 1.38. The van der Waals surface area contributed by atoms with Crippen molar-refractivity contribution >= 4 is 5.82 Å². The van der Waals surface area contributed by atoms with E-state index in [2.05, 4.69) is 28.2 Å². The third-order valence-corrected chi connectivity index (χ3v) is 2.57. The van der Waals surface area contributed by atoms with Crippen molar-refractivity contribution in [2.24, 2.45) is 0 Å². The molecular formula is C13H18N4O. The van der Waals surface area contributed by atoms with Gasteiger partial charge in [0.05, 0.1) is 18.9 Å². The maximum atomic E-state index is 9.10. The van der Waals surface area contributed by atoms with Gasteiger partial charge in [-0.2, -0.15) is 10.4 Å². The van der Waals surface area contributed by atoms with Gasteiger partial charge in [0, 0.05) is 6.54 Å². The van der Waals surface area contributed by atoms with Gasteiger partial charge < -0.3 is 10.1 Å². The molecule has 0 aliphatic heterocycles. The Labute approximate surface area is 107 Å². The third kappa shape index (κ3) is 3.82. The van der Waals surface area contributed by atoms with Gasteiger partial charge in [0.2, 0.25) is 0 Å². The quantitative estimate of drug-likeness (QED) is 0.588. The Kier molecular flexibility index (Phi) is 5.81. The lowest BCUT2D eigenvalue weighted by Crippen LogP contribution is -2.13. The lowest BCUT2D eigenvalue weighted by atomic mass is 10.1. The number of nitriles is 1. The Hall–Kier alpha value is -1.93. The molecular weight excluding hydrogens is 228 g/mol. The number of ether oxygens (including phenoxy) is 1. The first kappa shape index (κ1) is 14.1. The number of nitrogens with zero attached hydrogens (tertiary/aromatic N) is 3. The predicted octanol–water partition coefficient (Wildman–Crippen LogP) is 1.97. The van der Waals surface area contributed by atoms with Crippen molar-refractivity contribution in [1.29, 1.82) is 5.26 Å². The number of hydrogen-bond donors (Lipinski definition) is 1. The molecule has 0 atom stereocenters. The first-order chi connectivity index (χ1) is 8.70. The normalized spacial score (nSPS) is 9.83. The van der Waals surface area contributed by atoms with Gasteiger partial charge in [0.15, 0.2) is 5.82 Å². The summed E-state index contributed by atoms with van der Waals surface area (Å²) in [6, 6.07) is 2.15. The van der Waals surface area contributed by atoms with Gasteiger partial charge in [-0.05, 0) is 25.8 Å². The van der Waals surface area contributed by atoms with Crippen molar-refractivity contribution in [3.05, 3.63) is 29.5 Å². The summed E-state index contributed by atoms with van der Waals surface area (Å²) in [5.74, 6) is 0.521. The van der Waals surface area contributed by atoms with Gasteiger partial charge in [-0.15, -0.1) is 11.7 Å². The van der Waals surface area contributed by atoms with E-state index in [1.54, 1.807) is 0 Å². The number of hydrogen-bond acceptors (Lipinski definition) is 5. The van der Waals surface area contributed by atoms with Crippen LogP contribution in [0, 0.1) is 25.2 Å². The largest absolute Gasteiger partial charge is 0.379 e. The first-order valence-corrected chi connectivity index (χ1v) is 5.87. The standard InChI is InChI=1S/C13H18N4O/c1-4-5-7-18-8-6-15-13-12(9-14)10(2)11(3)16-17-13/h4H,1,5-8H2,2-3H3,(H,15,17). The van der Waals surface area contributed by atoms with Crippen LogP contribution in [-0.4, -0.2) is 30.0 Å². The molecule has 96 valence electrons. The Balaban J connectivity index is 2.50. The second-order valence-corrected chi connectivity index (χ2v) is 3.86. The van der Waals surface area contributed by atoms with Crippen molar-refractivity contribution in [3.8, 4) is 6.07 Å². The van der Waals surface area contributed by atoms with Gasteiger partial charge in [-0.25, -0.2) is 0 Å². The molecule has 5 nitrogen and oxygen atoms in total. The summed E-state index contributed by atoms with van der Waals surface area (Å²) in [6.07, 6.45) is 2.66. The number of anilines is 1. The zero-order valence-electron chi connectivity index (χ0n) is 10.9. The molecule has 0 saturated carbocycles. The lowest BCUT2D eigenvalue weighted by molar-refractivity contribution is 0.149. The van der Waals surface area contributed by atoms with Crippen LogP contribution in [0.5, 0.6) is 0 Å². The Morgan fingerprint density at radius 2 is 2.17 bits per heavy atom. The van der Waals surface area contributed by atoms with Crippen molar-refractivity contribution < 1.29 is 4.74 Å². The molecule has 0 fully saturated rings. The van der Waals surface area contributed by atoms with Gasteiger partial charge in [0.25, 0.3) is 0 Å². The summed E-state index contributed by atoms with van der Waals surface area (Å²) in [4.78, 5) is 0. The van der Waals surface area contributed by atoms with E-state index in [-0.39, 0.29) is 0 Å². The SMILES string of the molecule is C=CCCOCCNc1nnc(C)c(C)c1C#N. The van der Waals surface area contributed by atoms with E-state index in [1.807, 2.05) is 19.9 Å². The second kappa shape index (κ2) is 7.41. The zero-order chi connectivity index (χ0) is 13.4. The maximum absolute atomic E-state index is 9.10. The molecule has 0 radical (unpaired) electrons. The van der Waals surface area contributed by atoms with E-state index in [0.29, 0.717) is 31.1 Å². The molecule has 1 N–H and O–H groups in total. The highest BCUT2D eigenvalue weighted by Gasteiger charge is 2.09. The minimum absolute atomic E-state index is 0.521. The van der Waals surface area contributed by atoms with Gasteiger partial charge in [0.1, 0.15) is 11.6 Å². The average Bonchev–Trinajstić information content (AvgIpc) is 2.38. The topological polar surface area (TPSA) is 70.8 Å². The van der Waals surface area contributed by atoms with E-state index in [1.165, 1.54) is 0 Å². The van der Waals surface area contributed by atoms with Crippen LogP contribution in [0.3, 0.4) is 0 Å². The molecule has 0 aromatic carbocycles. The summed E-state index contributed by atoms with van der Waals surface area (Å²) in [5, 5.41) is 20.1. The van der Waals surface area contributed by atoms with Crippen LogP contribution in [0.15, 0.2) is 12.7 Å². The predicted molar refractivity (Wildman–Crippen MR) is 70.3 cm³/mol. The van der Waals surface area contributed by atoms with Crippen molar-refractivity contribution in [2.45, 2.75) is 20.3 Å². The number of rotatable bonds is 7. The fraction of sp³-hybridized carbons (Fsp3) is 0.462. The van der Waals surface area contributed by atoms with E-state index in [4.69, 9.17) is 10.00 Å². The Morgan fingerprint density at radius 1 is 1.39 bits per heavy atom. The van der Waals surface area contributed by atoms with Gasteiger partial charge in [-0.3, -0.25) is 0 Å². The summed E-state index contributed by atoms with van der Waals surface area (Å²) in [5.41, 5.74) is 2.19. The fourth-order valence-corrected chi connectivity index (χ4v) is 1.38. The van der Waals surface area contributed by atoms with Crippen LogP contribution >= 0.6 is 0 Å². The molecule has 0 bridgehead atoms. The molecule has 0 spiro atoms. The summed E-state index contributed by atoms with van der Waals surface area (Å²) in [6.45, 7) is 9.15. The van der Waals surface area contributed by atoms with Crippen LogP contribution in [-0.2, 0) is 4.74 Å².